The van der Waals surface area contributed by atoms with Crippen molar-refractivity contribution in [3.8, 4) is 12.3 Å². The minimum Gasteiger partial charge on any atom is -0.442 e. The fraction of sp³-hybridized carbons (Fsp3) is 0.471. The molecule has 0 amide bonds. The van der Waals surface area contributed by atoms with Crippen LogP contribution in [0.4, 0.5) is 0 Å². The van der Waals surface area contributed by atoms with Crippen LogP contribution in [0.3, 0.4) is 0 Å². The Morgan fingerprint density at radius 3 is 2.65 bits per heavy atom. The van der Waals surface area contributed by atoms with Crippen molar-refractivity contribution < 1.29 is 9.53 Å². The Bertz CT molecular complexity index is 520. The van der Waals surface area contributed by atoms with Gasteiger partial charge >= 0.3 is 5.97 Å². The van der Waals surface area contributed by atoms with E-state index in [9.17, 15) is 4.79 Å². The van der Waals surface area contributed by atoms with Gasteiger partial charge in [-0.05, 0) is 26.1 Å². The number of carbonyl (C=O) groups is 1. The molecule has 0 unspecified atom stereocenters. The molecule has 1 aromatic rings. The first-order valence-corrected chi connectivity index (χ1v) is 6.95. The minimum absolute atomic E-state index is 0.112. The number of hydrogen-bond donors (Lipinski definition) is 0. The molecule has 3 nitrogen and oxygen atoms in total. The number of piperidine rings is 1. The molecule has 0 bridgehead atoms. The van der Waals surface area contributed by atoms with E-state index in [0.717, 1.165) is 6.54 Å². The maximum Gasteiger partial charge on any atom is 0.339 e. The standard InChI is InChI=1S/C17H21NO2/c1-5-17(11-14(3)18(4)12-13(17)2)20-16(19)15-9-7-6-8-10-15/h1,6-10,13-14H,11-12H2,2-4H3/t13-,14+,17-/m1/s1. The molecule has 3 heteroatoms. The lowest BCUT2D eigenvalue weighted by atomic mass is 9.79. The summed E-state index contributed by atoms with van der Waals surface area (Å²) in [5.74, 6) is 2.52. The van der Waals surface area contributed by atoms with Gasteiger partial charge in [0.05, 0.1) is 5.56 Å². The van der Waals surface area contributed by atoms with Crippen LogP contribution < -0.4 is 0 Å². The normalized spacial score (nSPS) is 30.5. The molecule has 0 aromatic heterocycles. The molecule has 1 aliphatic heterocycles. The monoisotopic (exact) mass is 271 g/mol. The zero-order valence-corrected chi connectivity index (χ0v) is 12.3. The predicted octanol–water partition coefficient (Wildman–Crippen LogP) is 2.58. The number of carbonyl (C=O) groups excluding carboxylic acids is 1. The van der Waals surface area contributed by atoms with Gasteiger partial charge in [-0.15, -0.1) is 6.42 Å². The molecule has 0 aliphatic carbocycles. The number of ether oxygens (including phenoxy) is 1. The SMILES string of the molecule is C#C[C@@]1(OC(=O)c2ccccc2)C[C@H](C)N(C)C[C@H]1C. The van der Waals surface area contributed by atoms with Gasteiger partial charge in [-0.2, -0.15) is 0 Å². The van der Waals surface area contributed by atoms with E-state index in [4.69, 9.17) is 11.2 Å². The third-order valence-electron chi connectivity index (χ3n) is 4.24. The van der Waals surface area contributed by atoms with Crippen LogP contribution in [0.2, 0.25) is 0 Å². The summed E-state index contributed by atoms with van der Waals surface area (Å²) < 4.78 is 5.74. The topological polar surface area (TPSA) is 29.5 Å². The van der Waals surface area contributed by atoms with Crippen molar-refractivity contribution in [3.05, 3.63) is 35.9 Å². The number of nitrogens with zero attached hydrogens (tertiary/aromatic N) is 1. The Hall–Kier alpha value is -1.79. The molecule has 0 radical (unpaired) electrons. The molecule has 0 spiro atoms. The molecule has 0 N–H and O–H groups in total. The van der Waals surface area contributed by atoms with E-state index in [1.54, 1.807) is 12.1 Å². The summed E-state index contributed by atoms with van der Waals surface area (Å²) in [7, 11) is 2.07. The molecule has 0 saturated carbocycles. The van der Waals surface area contributed by atoms with Crippen molar-refractivity contribution >= 4 is 5.97 Å². The molecule has 20 heavy (non-hydrogen) atoms. The summed E-state index contributed by atoms with van der Waals surface area (Å²) in [6, 6.07) is 9.30. The summed E-state index contributed by atoms with van der Waals surface area (Å²) in [5.41, 5.74) is -0.264. The Kier molecular flexibility index (Phi) is 4.15. The van der Waals surface area contributed by atoms with Crippen LogP contribution in [-0.2, 0) is 4.74 Å². The lowest BCUT2D eigenvalue weighted by Crippen LogP contribution is -2.54. The summed E-state index contributed by atoms with van der Waals surface area (Å²) in [4.78, 5) is 14.5. The highest BCUT2D eigenvalue weighted by molar-refractivity contribution is 5.89. The second kappa shape index (κ2) is 5.68. The molecule has 1 heterocycles. The Labute approximate surface area is 120 Å². The van der Waals surface area contributed by atoms with Gasteiger partial charge in [0.15, 0.2) is 5.60 Å². The largest absolute Gasteiger partial charge is 0.442 e. The zero-order chi connectivity index (χ0) is 14.8. The summed E-state index contributed by atoms with van der Waals surface area (Å²) in [6.45, 7) is 4.97. The number of esters is 1. The van der Waals surface area contributed by atoms with Crippen molar-refractivity contribution in [1.29, 1.82) is 0 Å². The van der Waals surface area contributed by atoms with Gasteiger partial charge in [-0.25, -0.2) is 4.79 Å². The number of likely N-dealkylation sites (tertiary alicyclic amines) is 1. The molecule has 1 aliphatic rings. The fourth-order valence-corrected chi connectivity index (χ4v) is 2.73. The summed E-state index contributed by atoms with van der Waals surface area (Å²) >= 11 is 0. The molecular weight excluding hydrogens is 250 g/mol. The van der Waals surface area contributed by atoms with Crippen LogP contribution in [0.15, 0.2) is 30.3 Å². The second-order valence-corrected chi connectivity index (χ2v) is 5.68. The molecular formula is C17H21NO2. The van der Waals surface area contributed by atoms with Gasteiger partial charge < -0.3 is 9.64 Å². The smallest absolute Gasteiger partial charge is 0.339 e. The van der Waals surface area contributed by atoms with Gasteiger partial charge in [0.2, 0.25) is 0 Å². The third kappa shape index (κ3) is 2.71. The van der Waals surface area contributed by atoms with Gasteiger partial charge in [0.25, 0.3) is 0 Å². The van der Waals surface area contributed by atoms with E-state index in [1.165, 1.54) is 0 Å². The van der Waals surface area contributed by atoms with Crippen molar-refractivity contribution in [3.63, 3.8) is 0 Å². The highest BCUT2D eigenvalue weighted by atomic mass is 16.6. The first-order chi connectivity index (χ1) is 9.48. The van der Waals surface area contributed by atoms with Crippen molar-refractivity contribution in [2.45, 2.75) is 31.9 Å². The molecule has 1 saturated heterocycles. The number of rotatable bonds is 2. The van der Waals surface area contributed by atoms with Crippen molar-refractivity contribution in [1.82, 2.24) is 4.90 Å². The zero-order valence-electron chi connectivity index (χ0n) is 12.3. The van der Waals surface area contributed by atoms with E-state index in [0.29, 0.717) is 18.0 Å². The maximum absolute atomic E-state index is 12.3. The lowest BCUT2D eigenvalue weighted by molar-refractivity contribution is -0.0582. The molecule has 106 valence electrons. The number of hydrogen-bond acceptors (Lipinski definition) is 3. The fourth-order valence-electron chi connectivity index (χ4n) is 2.73. The molecule has 3 atom stereocenters. The van der Waals surface area contributed by atoms with E-state index >= 15 is 0 Å². The highest BCUT2D eigenvalue weighted by Crippen LogP contribution is 2.34. The number of terminal acetylenes is 1. The Morgan fingerprint density at radius 2 is 2.05 bits per heavy atom. The molecule has 1 fully saturated rings. The lowest BCUT2D eigenvalue weighted by Gasteiger charge is -2.45. The first kappa shape index (κ1) is 14.6. The maximum atomic E-state index is 12.3. The van der Waals surface area contributed by atoms with E-state index in [2.05, 4.69) is 24.8 Å². The van der Waals surface area contributed by atoms with Gasteiger partial charge in [-0.1, -0.05) is 31.0 Å². The van der Waals surface area contributed by atoms with Gasteiger partial charge in [0.1, 0.15) is 0 Å². The average molecular weight is 271 g/mol. The number of benzene rings is 1. The van der Waals surface area contributed by atoms with Crippen molar-refractivity contribution in [2.75, 3.05) is 13.6 Å². The Balaban J connectivity index is 2.20. The Morgan fingerprint density at radius 1 is 1.40 bits per heavy atom. The van der Waals surface area contributed by atoms with Gasteiger partial charge in [0, 0.05) is 24.9 Å². The third-order valence-corrected chi connectivity index (χ3v) is 4.24. The van der Waals surface area contributed by atoms with Crippen LogP contribution in [0.25, 0.3) is 0 Å². The van der Waals surface area contributed by atoms with Crippen molar-refractivity contribution in [2.24, 2.45) is 5.92 Å². The van der Waals surface area contributed by atoms with E-state index in [1.807, 2.05) is 25.1 Å². The van der Waals surface area contributed by atoms with E-state index < -0.39 is 5.60 Å². The van der Waals surface area contributed by atoms with Crippen LogP contribution in [-0.4, -0.2) is 36.1 Å². The predicted molar refractivity (Wildman–Crippen MR) is 79.3 cm³/mol. The van der Waals surface area contributed by atoms with Crippen LogP contribution in [0.5, 0.6) is 0 Å². The molecule has 1 aromatic carbocycles. The van der Waals surface area contributed by atoms with Crippen LogP contribution >= 0.6 is 0 Å². The average Bonchev–Trinajstić information content (AvgIpc) is 2.45. The first-order valence-electron chi connectivity index (χ1n) is 6.95. The highest BCUT2D eigenvalue weighted by Gasteiger charge is 2.44. The second-order valence-electron chi connectivity index (χ2n) is 5.68. The van der Waals surface area contributed by atoms with Gasteiger partial charge in [-0.3, -0.25) is 0 Å². The van der Waals surface area contributed by atoms with Crippen LogP contribution in [0.1, 0.15) is 30.6 Å². The molecule has 2 rings (SSSR count). The quantitative estimate of drug-likeness (QED) is 0.611. The van der Waals surface area contributed by atoms with Crippen LogP contribution in [0, 0.1) is 18.3 Å². The summed E-state index contributed by atoms with van der Waals surface area (Å²) in [5, 5.41) is 0. The minimum atomic E-state index is -0.807. The summed E-state index contributed by atoms with van der Waals surface area (Å²) in [6.07, 6.45) is 6.38. The van der Waals surface area contributed by atoms with E-state index in [-0.39, 0.29) is 11.9 Å².